The van der Waals surface area contributed by atoms with E-state index in [9.17, 15) is 21.6 Å². The van der Waals surface area contributed by atoms with Crippen LogP contribution in [0.15, 0.2) is 52.9 Å². The van der Waals surface area contributed by atoms with Gasteiger partial charge in [-0.3, -0.25) is 4.72 Å². The molecule has 0 fully saturated rings. The van der Waals surface area contributed by atoms with Crippen LogP contribution in [-0.4, -0.2) is 32.9 Å². The van der Waals surface area contributed by atoms with Gasteiger partial charge in [-0.05, 0) is 24.3 Å². The molecule has 8 nitrogen and oxygen atoms in total. The van der Waals surface area contributed by atoms with Gasteiger partial charge in [0.1, 0.15) is 24.2 Å². The first-order valence-corrected chi connectivity index (χ1v) is 11.3. The van der Waals surface area contributed by atoms with Crippen LogP contribution >= 0.6 is 11.3 Å². The summed E-state index contributed by atoms with van der Waals surface area (Å²) in [5, 5.41) is 10.9. The Bertz CT molecular complexity index is 1290. The van der Waals surface area contributed by atoms with Gasteiger partial charge in [-0.1, -0.05) is 0 Å². The highest BCUT2D eigenvalue weighted by atomic mass is 32.2. The minimum atomic E-state index is -4.96. The number of ether oxygens (including phenoxy) is 2. The van der Waals surface area contributed by atoms with Crippen LogP contribution in [0.5, 0.6) is 11.5 Å². The van der Waals surface area contributed by atoms with E-state index < -0.39 is 22.1 Å². The van der Waals surface area contributed by atoms with Crippen LogP contribution < -0.4 is 19.1 Å². The third kappa shape index (κ3) is 4.56. The van der Waals surface area contributed by atoms with Crippen LogP contribution in [0, 0.1) is 11.3 Å². The minimum Gasteiger partial charge on any atom is -0.489 e. The summed E-state index contributed by atoms with van der Waals surface area (Å²) in [5.74, 6) is -0.390. The molecule has 0 saturated heterocycles. The quantitative estimate of drug-likeness (QED) is 0.580. The Hall–Kier alpha value is -3.50. The summed E-state index contributed by atoms with van der Waals surface area (Å²) in [4.78, 5) is 5.47. The molecule has 3 aromatic rings. The topological polar surface area (TPSA) is 105 Å². The molecule has 13 heteroatoms. The second-order valence-corrected chi connectivity index (χ2v) is 8.99. The van der Waals surface area contributed by atoms with Gasteiger partial charge < -0.3 is 14.4 Å². The molecular weight excluding hydrogens is 469 g/mol. The number of aromatic nitrogens is 1. The van der Waals surface area contributed by atoms with E-state index in [-0.39, 0.29) is 34.5 Å². The van der Waals surface area contributed by atoms with Crippen molar-refractivity contribution in [2.75, 3.05) is 22.8 Å². The van der Waals surface area contributed by atoms with Crippen molar-refractivity contribution in [2.45, 2.75) is 11.3 Å². The van der Waals surface area contributed by atoms with Crippen molar-refractivity contribution in [2.24, 2.45) is 0 Å². The zero-order chi connectivity index (χ0) is 22.9. The Morgan fingerprint density at radius 3 is 2.75 bits per heavy atom. The monoisotopic (exact) mass is 482 g/mol. The average molecular weight is 482 g/mol. The molecular formula is C19H13F3N4O4S2. The van der Waals surface area contributed by atoms with Crippen molar-refractivity contribution in [3.05, 3.63) is 53.5 Å². The third-order valence-electron chi connectivity index (χ3n) is 4.38. The summed E-state index contributed by atoms with van der Waals surface area (Å²) in [7, 11) is -3.92. The molecule has 0 bridgehead atoms. The highest BCUT2D eigenvalue weighted by Gasteiger charge is 2.33. The lowest BCUT2D eigenvalue weighted by Gasteiger charge is -2.32. The van der Waals surface area contributed by atoms with E-state index in [1.54, 1.807) is 16.3 Å². The third-order valence-corrected chi connectivity index (χ3v) is 6.54. The molecule has 1 aliphatic rings. The number of alkyl halides is 3. The van der Waals surface area contributed by atoms with Crippen molar-refractivity contribution in [1.29, 1.82) is 5.26 Å². The van der Waals surface area contributed by atoms with E-state index in [1.807, 2.05) is 0 Å². The summed E-state index contributed by atoms with van der Waals surface area (Å²) in [6, 6.07) is 9.65. The summed E-state index contributed by atoms with van der Waals surface area (Å²) in [5.41, 5.74) is 0.505. The first-order valence-electron chi connectivity index (χ1n) is 8.93. The second kappa shape index (κ2) is 8.21. The number of hydrogen-bond acceptors (Lipinski definition) is 8. The fourth-order valence-electron chi connectivity index (χ4n) is 3.06. The number of anilines is 3. The van der Waals surface area contributed by atoms with Crippen LogP contribution in [0.1, 0.15) is 5.56 Å². The lowest BCUT2D eigenvalue weighted by Crippen LogP contribution is -2.29. The summed E-state index contributed by atoms with van der Waals surface area (Å²) < 4.78 is 75.4. The van der Waals surface area contributed by atoms with E-state index in [4.69, 9.17) is 10.00 Å². The van der Waals surface area contributed by atoms with E-state index in [1.165, 1.54) is 36.5 Å². The molecule has 0 amide bonds. The number of benzene rings is 2. The molecule has 1 aromatic heterocycles. The molecule has 4 rings (SSSR count). The fraction of sp³-hybridized carbons (Fsp3) is 0.158. The summed E-state index contributed by atoms with van der Waals surface area (Å²) in [6.45, 7) is 0.444. The van der Waals surface area contributed by atoms with Crippen LogP contribution in [0.2, 0.25) is 0 Å². The maximum absolute atomic E-state index is 12.7. The van der Waals surface area contributed by atoms with Gasteiger partial charge in [-0.25, -0.2) is 13.4 Å². The van der Waals surface area contributed by atoms with Gasteiger partial charge in [-0.15, -0.1) is 24.5 Å². The molecule has 0 radical (unpaired) electrons. The SMILES string of the molecule is N#Cc1ccc(N2CCOc3cc(S(=O)(=O)Nc4nccs4)ccc32)cc1OC(F)(F)F. The Balaban J connectivity index is 1.68. The Labute approximate surface area is 184 Å². The highest BCUT2D eigenvalue weighted by Crippen LogP contribution is 2.40. The molecule has 1 N–H and O–H groups in total. The molecule has 0 aliphatic carbocycles. The number of hydrogen-bond donors (Lipinski definition) is 1. The number of halogens is 3. The first kappa shape index (κ1) is 21.7. The maximum atomic E-state index is 12.7. The van der Waals surface area contributed by atoms with Gasteiger partial charge in [0, 0.05) is 29.4 Å². The van der Waals surface area contributed by atoms with Crippen molar-refractivity contribution in [1.82, 2.24) is 4.98 Å². The smallest absolute Gasteiger partial charge is 0.489 e. The number of sulfonamides is 1. The van der Waals surface area contributed by atoms with Crippen molar-refractivity contribution < 1.29 is 31.1 Å². The largest absolute Gasteiger partial charge is 0.573 e. The summed E-state index contributed by atoms with van der Waals surface area (Å²) >= 11 is 1.12. The average Bonchev–Trinajstić information content (AvgIpc) is 3.24. The molecule has 2 heterocycles. The van der Waals surface area contributed by atoms with Crippen molar-refractivity contribution >= 4 is 37.9 Å². The molecule has 0 spiro atoms. The minimum absolute atomic E-state index is 0.0609. The van der Waals surface area contributed by atoms with Crippen molar-refractivity contribution in [3.8, 4) is 17.6 Å². The second-order valence-electron chi connectivity index (χ2n) is 6.41. The van der Waals surface area contributed by atoms with Crippen LogP contribution in [0.25, 0.3) is 0 Å². The number of rotatable bonds is 5. The Morgan fingerprint density at radius 2 is 2.06 bits per heavy atom. The molecule has 0 atom stereocenters. The van der Waals surface area contributed by atoms with Gasteiger partial charge in [0.15, 0.2) is 5.13 Å². The molecule has 166 valence electrons. The van der Waals surface area contributed by atoms with E-state index >= 15 is 0 Å². The normalized spacial score (nSPS) is 13.6. The van der Waals surface area contributed by atoms with Gasteiger partial charge in [0.2, 0.25) is 0 Å². The lowest BCUT2D eigenvalue weighted by atomic mass is 10.1. The van der Waals surface area contributed by atoms with Crippen LogP contribution in [0.3, 0.4) is 0 Å². The number of fused-ring (bicyclic) bond motifs is 1. The predicted octanol–water partition coefficient (Wildman–Crippen LogP) is 4.24. The lowest BCUT2D eigenvalue weighted by molar-refractivity contribution is -0.274. The molecule has 1 aliphatic heterocycles. The zero-order valence-corrected chi connectivity index (χ0v) is 17.6. The predicted molar refractivity (Wildman–Crippen MR) is 110 cm³/mol. The molecule has 2 aromatic carbocycles. The number of nitrogens with one attached hydrogen (secondary N) is 1. The maximum Gasteiger partial charge on any atom is 0.573 e. The van der Waals surface area contributed by atoms with E-state index in [2.05, 4.69) is 14.4 Å². The number of thiazole rings is 1. The summed E-state index contributed by atoms with van der Waals surface area (Å²) in [6.07, 6.45) is -3.49. The van der Waals surface area contributed by atoms with E-state index in [0.29, 0.717) is 11.4 Å². The van der Waals surface area contributed by atoms with E-state index in [0.717, 1.165) is 17.4 Å². The van der Waals surface area contributed by atoms with Gasteiger partial charge in [0.05, 0.1) is 22.7 Å². The Kier molecular flexibility index (Phi) is 5.57. The van der Waals surface area contributed by atoms with Crippen LogP contribution in [0.4, 0.5) is 29.7 Å². The first-order chi connectivity index (χ1) is 15.2. The Morgan fingerprint density at radius 1 is 1.25 bits per heavy atom. The van der Waals surface area contributed by atoms with Crippen LogP contribution in [-0.2, 0) is 10.0 Å². The number of nitriles is 1. The van der Waals surface area contributed by atoms with Gasteiger partial charge in [0.25, 0.3) is 10.0 Å². The zero-order valence-electron chi connectivity index (χ0n) is 16.0. The molecule has 0 saturated carbocycles. The molecule has 0 unspecified atom stereocenters. The standard InChI is InChI=1S/C19H13F3N4O4S2/c20-19(21,22)30-16-9-13(2-1-12(16)11-23)26-6-7-29-17-10-14(3-4-15(17)26)32(27,28)25-18-24-5-8-31-18/h1-5,8-10H,6-7H2,(H,24,25). The van der Waals surface area contributed by atoms with Gasteiger partial charge in [-0.2, -0.15) is 5.26 Å². The fourth-order valence-corrected chi connectivity index (χ4v) is 4.87. The van der Waals surface area contributed by atoms with Crippen molar-refractivity contribution in [3.63, 3.8) is 0 Å². The van der Waals surface area contributed by atoms with Gasteiger partial charge >= 0.3 is 6.36 Å². The molecule has 32 heavy (non-hydrogen) atoms. The highest BCUT2D eigenvalue weighted by molar-refractivity contribution is 7.93. The number of nitrogens with zero attached hydrogens (tertiary/aromatic N) is 3.